The summed E-state index contributed by atoms with van der Waals surface area (Å²) in [6.07, 6.45) is 5.77. The summed E-state index contributed by atoms with van der Waals surface area (Å²) in [6, 6.07) is -0.0839. The van der Waals surface area contributed by atoms with Crippen LogP contribution in [-0.2, 0) is 4.79 Å². The van der Waals surface area contributed by atoms with E-state index in [1.165, 1.54) is 0 Å². The third-order valence-corrected chi connectivity index (χ3v) is 4.09. The van der Waals surface area contributed by atoms with Crippen molar-refractivity contribution in [3.63, 3.8) is 0 Å². The van der Waals surface area contributed by atoms with E-state index in [4.69, 9.17) is 10.2 Å². The molecule has 3 N–H and O–H groups in total. The van der Waals surface area contributed by atoms with Crippen LogP contribution in [0.5, 0.6) is 0 Å². The highest BCUT2D eigenvalue weighted by atomic mass is 16.4. The lowest BCUT2D eigenvalue weighted by Crippen LogP contribution is -2.47. The van der Waals surface area contributed by atoms with E-state index in [1.807, 2.05) is 0 Å². The number of carbonyl (C=O) groups is 2. The lowest BCUT2D eigenvalue weighted by atomic mass is 9.86. The van der Waals surface area contributed by atoms with Crippen LogP contribution >= 0.6 is 0 Å². The van der Waals surface area contributed by atoms with Crippen molar-refractivity contribution in [1.29, 1.82) is 0 Å². The van der Waals surface area contributed by atoms with Gasteiger partial charge in [-0.05, 0) is 32.1 Å². The molecule has 0 saturated heterocycles. The third kappa shape index (κ3) is 6.33. The number of urea groups is 1. The first-order valence-electron chi connectivity index (χ1n) is 7.97. The molecule has 6 nitrogen and oxygen atoms in total. The number of nitrogens with zero attached hydrogens (tertiary/aromatic N) is 1. The van der Waals surface area contributed by atoms with Gasteiger partial charge in [-0.15, -0.1) is 0 Å². The minimum Gasteiger partial charge on any atom is -0.481 e. The summed E-state index contributed by atoms with van der Waals surface area (Å²) in [5.74, 6) is -1.00. The van der Waals surface area contributed by atoms with Gasteiger partial charge in [-0.25, -0.2) is 4.79 Å². The first-order chi connectivity index (χ1) is 10.1. The van der Waals surface area contributed by atoms with E-state index in [2.05, 4.69) is 12.2 Å². The Morgan fingerprint density at radius 1 is 1.14 bits per heavy atom. The summed E-state index contributed by atoms with van der Waals surface area (Å²) in [7, 11) is 0. The maximum Gasteiger partial charge on any atom is 0.317 e. The molecule has 0 aromatic rings. The molecule has 1 aliphatic carbocycles. The van der Waals surface area contributed by atoms with E-state index < -0.39 is 5.97 Å². The highest BCUT2D eigenvalue weighted by molar-refractivity contribution is 5.74. The SMILES string of the molecule is CCCCCN(CCO)C(=O)NC1CCC(C(=O)O)CC1. The number of carboxylic acids is 1. The number of carboxylic acid groups (broad SMARTS) is 1. The lowest BCUT2D eigenvalue weighted by Gasteiger charge is -2.30. The van der Waals surface area contributed by atoms with Gasteiger partial charge >= 0.3 is 12.0 Å². The summed E-state index contributed by atoms with van der Waals surface area (Å²) < 4.78 is 0. The Morgan fingerprint density at radius 2 is 1.81 bits per heavy atom. The molecule has 0 bridgehead atoms. The first-order valence-corrected chi connectivity index (χ1v) is 7.97. The second kappa shape index (κ2) is 9.60. The van der Waals surface area contributed by atoms with Gasteiger partial charge in [-0.1, -0.05) is 19.8 Å². The van der Waals surface area contributed by atoms with Crippen molar-refractivity contribution in [1.82, 2.24) is 10.2 Å². The van der Waals surface area contributed by atoms with Gasteiger partial charge in [0.05, 0.1) is 12.5 Å². The summed E-state index contributed by atoms with van der Waals surface area (Å²) in [5, 5.41) is 21.0. The van der Waals surface area contributed by atoms with Crippen LogP contribution in [0.4, 0.5) is 4.79 Å². The van der Waals surface area contributed by atoms with E-state index >= 15 is 0 Å². The predicted molar refractivity (Wildman–Crippen MR) is 80.1 cm³/mol. The third-order valence-electron chi connectivity index (χ3n) is 4.09. The standard InChI is InChI=1S/C15H28N2O4/c1-2-3-4-9-17(10-11-18)15(21)16-13-7-5-12(6-8-13)14(19)20/h12-13,18H,2-11H2,1H3,(H,16,21)(H,19,20). The summed E-state index contributed by atoms with van der Waals surface area (Å²) in [4.78, 5) is 24.8. The second-order valence-electron chi connectivity index (χ2n) is 5.75. The molecule has 1 fully saturated rings. The van der Waals surface area contributed by atoms with Gasteiger partial charge < -0.3 is 20.4 Å². The normalized spacial score (nSPS) is 21.8. The Hall–Kier alpha value is -1.30. The maximum atomic E-state index is 12.2. The van der Waals surface area contributed by atoms with Gasteiger partial charge in [0, 0.05) is 19.1 Å². The summed E-state index contributed by atoms with van der Waals surface area (Å²) >= 11 is 0. The number of amides is 2. The highest BCUT2D eigenvalue weighted by Gasteiger charge is 2.27. The van der Waals surface area contributed by atoms with Crippen molar-refractivity contribution in [3.8, 4) is 0 Å². The van der Waals surface area contributed by atoms with Gasteiger partial charge in [0.25, 0.3) is 0 Å². The Bertz CT molecular complexity index is 328. The molecule has 2 amide bonds. The molecule has 0 aliphatic heterocycles. The molecule has 122 valence electrons. The maximum absolute atomic E-state index is 12.2. The average molecular weight is 300 g/mol. The highest BCUT2D eigenvalue weighted by Crippen LogP contribution is 2.24. The number of nitrogens with one attached hydrogen (secondary N) is 1. The van der Waals surface area contributed by atoms with Crippen LogP contribution in [0.25, 0.3) is 0 Å². The van der Waals surface area contributed by atoms with E-state index in [-0.39, 0.29) is 24.6 Å². The fraction of sp³-hybridized carbons (Fsp3) is 0.867. The van der Waals surface area contributed by atoms with Gasteiger partial charge in [0.15, 0.2) is 0 Å². The van der Waals surface area contributed by atoms with Crippen molar-refractivity contribution >= 4 is 12.0 Å². The number of carbonyl (C=O) groups excluding carboxylic acids is 1. The number of unbranched alkanes of at least 4 members (excludes halogenated alkanes) is 2. The molecule has 0 aromatic carbocycles. The Kier molecular flexibility index (Phi) is 8.12. The van der Waals surface area contributed by atoms with Crippen molar-refractivity contribution in [2.24, 2.45) is 5.92 Å². The Labute approximate surface area is 126 Å². The van der Waals surface area contributed by atoms with Crippen LogP contribution in [0.2, 0.25) is 0 Å². The molecule has 21 heavy (non-hydrogen) atoms. The van der Waals surface area contributed by atoms with Gasteiger partial charge in [-0.2, -0.15) is 0 Å². The molecular formula is C15H28N2O4. The first kappa shape index (κ1) is 17.8. The molecule has 0 heterocycles. The van der Waals surface area contributed by atoms with E-state index in [1.54, 1.807) is 4.90 Å². The van der Waals surface area contributed by atoms with Crippen LogP contribution in [0, 0.1) is 5.92 Å². The zero-order valence-corrected chi connectivity index (χ0v) is 12.9. The number of aliphatic carboxylic acids is 1. The molecule has 0 aromatic heterocycles. The quantitative estimate of drug-likeness (QED) is 0.596. The second-order valence-corrected chi connectivity index (χ2v) is 5.75. The number of aliphatic hydroxyl groups is 1. The predicted octanol–water partition coefficient (Wildman–Crippen LogP) is 1.82. The fourth-order valence-corrected chi connectivity index (χ4v) is 2.74. The average Bonchev–Trinajstić information content (AvgIpc) is 2.47. The van der Waals surface area contributed by atoms with Crippen LogP contribution in [0.3, 0.4) is 0 Å². The van der Waals surface area contributed by atoms with Crippen molar-refractivity contribution in [2.75, 3.05) is 19.7 Å². The van der Waals surface area contributed by atoms with E-state index in [9.17, 15) is 9.59 Å². The number of hydrogen-bond donors (Lipinski definition) is 3. The molecular weight excluding hydrogens is 272 g/mol. The molecule has 0 unspecified atom stereocenters. The van der Waals surface area contributed by atoms with Crippen LogP contribution in [0.15, 0.2) is 0 Å². The topological polar surface area (TPSA) is 89.9 Å². The zero-order chi connectivity index (χ0) is 15.7. The van der Waals surface area contributed by atoms with E-state index in [0.717, 1.165) is 19.3 Å². The Balaban J connectivity index is 2.37. The molecule has 1 saturated carbocycles. The lowest BCUT2D eigenvalue weighted by molar-refractivity contribution is -0.142. The van der Waals surface area contributed by atoms with E-state index in [0.29, 0.717) is 38.8 Å². The molecule has 6 heteroatoms. The largest absolute Gasteiger partial charge is 0.481 e. The molecule has 0 spiro atoms. The molecule has 0 radical (unpaired) electrons. The van der Waals surface area contributed by atoms with Gasteiger partial charge in [0.1, 0.15) is 0 Å². The summed E-state index contributed by atoms with van der Waals surface area (Å²) in [6.45, 7) is 3.08. The van der Waals surface area contributed by atoms with Crippen LogP contribution in [-0.4, -0.2) is 52.9 Å². The Morgan fingerprint density at radius 3 is 2.33 bits per heavy atom. The molecule has 1 rings (SSSR count). The van der Waals surface area contributed by atoms with Gasteiger partial charge in [-0.3, -0.25) is 4.79 Å². The zero-order valence-electron chi connectivity index (χ0n) is 12.9. The van der Waals surface area contributed by atoms with Crippen molar-refractivity contribution < 1.29 is 19.8 Å². The molecule has 0 atom stereocenters. The number of aliphatic hydroxyl groups excluding tert-OH is 1. The molecule has 1 aliphatic rings. The van der Waals surface area contributed by atoms with Crippen LogP contribution < -0.4 is 5.32 Å². The van der Waals surface area contributed by atoms with Gasteiger partial charge in [0.2, 0.25) is 0 Å². The number of hydrogen-bond acceptors (Lipinski definition) is 3. The monoisotopic (exact) mass is 300 g/mol. The van der Waals surface area contributed by atoms with Crippen molar-refractivity contribution in [3.05, 3.63) is 0 Å². The minimum absolute atomic E-state index is 0.0364. The summed E-state index contributed by atoms with van der Waals surface area (Å²) in [5.41, 5.74) is 0. The smallest absolute Gasteiger partial charge is 0.317 e. The fourth-order valence-electron chi connectivity index (χ4n) is 2.74. The minimum atomic E-state index is -0.735. The number of rotatable bonds is 8. The van der Waals surface area contributed by atoms with Crippen LogP contribution in [0.1, 0.15) is 51.9 Å². The van der Waals surface area contributed by atoms with Crippen molar-refractivity contribution in [2.45, 2.75) is 57.9 Å².